The van der Waals surface area contributed by atoms with E-state index < -0.39 is 11.9 Å². The first kappa shape index (κ1) is 21.8. The average Bonchev–Trinajstić information content (AvgIpc) is 3.00. The number of nitrogens with two attached hydrogens (primary N) is 1. The lowest BCUT2D eigenvalue weighted by molar-refractivity contribution is -0.131. The first-order valence-corrected chi connectivity index (χ1v) is 10.2. The molecule has 2 N–H and O–H groups in total. The van der Waals surface area contributed by atoms with Crippen molar-refractivity contribution in [2.75, 3.05) is 33.3 Å². The van der Waals surface area contributed by atoms with Gasteiger partial charge < -0.3 is 15.4 Å². The van der Waals surface area contributed by atoms with E-state index in [1.54, 1.807) is 19.2 Å². The SMILES string of the molecule is COc1ccc(CCC(=O)N2CCCN(C(C(N)=O)c3ccc(F)cc3)CC2)cc1. The number of benzene rings is 2. The number of rotatable bonds is 7. The number of primary amides is 1. The lowest BCUT2D eigenvalue weighted by Crippen LogP contribution is -2.41. The van der Waals surface area contributed by atoms with E-state index in [2.05, 4.69) is 0 Å². The Bertz CT molecular complexity index is 855. The van der Waals surface area contributed by atoms with Crippen LogP contribution in [0.5, 0.6) is 5.75 Å². The first-order valence-electron chi connectivity index (χ1n) is 10.2. The molecule has 2 aromatic carbocycles. The molecule has 1 unspecified atom stereocenters. The Morgan fingerprint density at radius 2 is 1.73 bits per heavy atom. The minimum Gasteiger partial charge on any atom is -0.497 e. The molecule has 1 saturated heterocycles. The Hall–Kier alpha value is -2.93. The predicted octanol–water partition coefficient (Wildman–Crippen LogP) is 2.53. The Kier molecular flexibility index (Phi) is 7.41. The van der Waals surface area contributed by atoms with Crippen LogP contribution in [-0.4, -0.2) is 54.9 Å². The lowest BCUT2D eigenvalue weighted by Gasteiger charge is -2.28. The van der Waals surface area contributed by atoms with Crippen molar-refractivity contribution in [2.24, 2.45) is 5.73 Å². The maximum Gasteiger partial charge on any atom is 0.239 e. The van der Waals surface area contributed by atoms with Crippen molar-refractivity contribution in [1.82, 2.24) is 9.80 Å². The van der Waals surface area contributed by atoms with Crippen molar-refractivity contribution in [1.29, 1.82) is 0 Å². The Morgan fingerprint density at radius 3 is 2.37 bits per heavy atom. The van der Waals surface area contributed by atoms with Crippen LogP contribution >= 0.6 is 0 Å². The number of amides is 2. The number of methoxy groups -OCH3 is 1. The summed E-state index contributed by atoms with van der Waals surface area (Å²) in [6.07, 6.45) is 1.85. The first-order chi connectivity index (χ1) is 14.5. The van der Waals surface area contributed by atoms with Crippen molar-refractivity contribution in [3.63, 3.8) is 0 Å². The smallest absolute Gasteiger partial charge is 0.239 e. The van der Waals surface area contributed by atoms with Gasteiger partial charge in [0.15, 0.2) is 0 Å². The predicted molar refractivity (Wildman–Crippen MR) is 112 cm³/mol. The molecule has 1 aliphatic rings. The molecule has 2 amide bonds. The molecule has 0 bridgehead atoms. The summed E-state index contributed by atoms with van der Waals surface area (Å²) < 4.78 is 18.4. The Morgan fingerprint density at radius 1 is 1.03 bits per heavy atom. The second kappa shape index (κ2) is 10.2. The third-order valence-corrected chi connectivity index (χ3v) is 5.49. The third-order valence-electron chi connectivity index (χ3n) is 5.49. The molecule has 0 saturated carbocycles. The van der Waals surface area contributed by atoms with E-state index in [1.807, 2.05) is 34.1 Å². The van der Waals surface area contributed by atoms with Crippen LogP contribution in [0, 0.1) is 5.82 Å². The number of carbonyl (C=O) groups is 2. The van der Waals surface area contributed by atoms with Crippen LogP contribution < -0.4 is 10.5 Å². The number of aryl methyl sites for hydroxylation is 1. The van der Waals surface area contributed by atoms with E-state index in [1.165, 1.54) is 12.1 Å². The molecular formula is C23H28FN3O3. The number of hydrogen-bond donors (Lipinski definition) is 1. The minimum atomic E-state index is -0.625. The number of nitrogens with zero attached hydrogens (tertiary/aromatic N) is 2. The fraction of sp³-hybridized carbons (Fsp3) is 0.391. The summed E-state index contributed by atoms with van der Waals surface area (Å²) in [5.41, 5.74) is 7.41. The van der Waals surface area contributed by atoms with Crippen molar-refractivity contribution < 1.29 is 18.7 Å². The normalized spacial score (nSPS) is 16.0. The van der Waals surface area contributed by atoms with Crippen molar-refractivity contribution in [2.45, 2.75) is 25.3 Å². The molecule has 0 aromatic heterocycles. The molecule has 0 aliphatic carbocycles. The van der Waals surface area contributed by atoms with Crippen molar-refractivity contribution in [3.8, 4) is 5.75 Å². The summed E-state index contributed by atoms with van der Waals surface area (Å²) in [5.74, 6) is 0.0697. The fourth-order valence-electron chi connectivity index (χ4n) is 3.85. The standard InChI is InChI=1S/C23H28FN3O3/c1-30-20-10-3-17(4-11-20)5-12-21(28)26-13-2-14-27(16-15-26)22(23(25)29)18-6-8-19(24)9-7-18/h3-4,6-11,22H,2,5,12-16H2,1H3,(H2,25,29). The lowest BCUT2D eigenvalue weighted by atomic mass is 10.0. The summed E-state index contributed by atoms with van der Waals surface area (Å²) in [6, 6.07) is 12.9. The summed E-state index contributed by atoms with van der Waals surface area (Å²) in [5, 5.41) is 0. The molecule has 30 heavy (non-hydrogen) atoms. The van der Waals surface area contributed by atoms with Gasteiger partial charge in [-0.15, -0.1) is 0 Å². The molecule has 0 radical (unpaired) electrons. The maximum atomic E-state index is 13.3. The second-order valence-electron chi connectivity index (χ2n) is 7.47. The Balaban J connectivity index is 1.58. The van der Waals surface area contributed by atoms with Gasteiger partial charge in [0.25, 0.3) is 0 Å². The van der Waals surface area contributed by atoms with Gasteiger partial charge in [0.2, 0.25) is 11.8 Å². The largest absolute Gasteiger partial charge is 0.497 e. The van der Waals surface area contributed by atoms with Crippen LogP contribution in [0.1, 0.15) is 30.0 Å². The zero-order valence-electron chi connectivity index (χ0n) is 17.2. The molecule has 1 fully saturated rings. The van der Waals surface area contributed by atoms with Gasteiger partial charge in [-0.1, -0.05) is 24.3 Å². The van der Waals surface area contributed by atoms with Gasteiger partial charge in [0, 0.05) is 32.6 Å². The highest BCUT2D eigenvalue weighted by Gasteiger charge is 2.28. The van der Waals surface area contributed by atoms with Crippen LogP contribution in [0.15, 0.2) is 48.5 Å². The molecule has 3 rings (SSSR count). The minimum absolute atomic E-state index is 0.102. The van der Waals surface area contributed by atoms with Crippen LogP contribution in [0.2, 0.25) is 0 Å². The van der Waals surface area contributed by atoms with Gasteiger partial charge in [-0.2, -0.15) is 0 Å². The van der Waals surface area contributed by atoms with Crippen molar-refractivity contribution >= 4 is 11.8 Å². The zero-order valence-corrected chi connectivity index (χ0v) is 17.2. The van der Waals surface area contributed by atoms with E-state index in [0.717, 1.165) is 17.7 Å². The van der Waals surface area contributed by atoms with Crippen molar-refractivity contribution in [3.05, 3.63) is 65.5 Å². The van der Waals surface area contributed by atoms with Gasteiger partial charge in [-0.05, 0) is 48.2 Å². The van der Waals surface area contributed by atoms with Crippen LogP contribution in [0.3, 0.4) is 0 Å². The monoisotopic (exact) mass is 413 g/mol. The number of hydrogen-bond acceptors (Lipinski definition) is 4. The zero-order chi connectivity index (χ0) is 21.5. The molecule has 1 atom stereocenters. The summed E-state index contributed by atoms with van der Waals surface area (Å²) in [7, 11) is 1.63. The molecule has 7 heteroatoms. The quantitative estimate of drug-likeness (QED) is 0.757. The van der Waals surface area contributed by atoms with Crippen LogP contribution in [0.4, 0.5) is 4.39 Å². The molecular weight excluding hydrogens is 385 g/mol. The highest BCUT2D eigenvalue weighted by molar-refractivity contribution is 5.81. The van der Waals surface area contributed by atoms with Gasteiger partial charge in [0.05, 0.1) is 7.11 Å². The highest BCUT2D eigenvalue weighted by Crippen LogP contribution is 2.23. The van der Waals surface area contributed by atoms with Crippen LogP contribution in [0.25, 0.3) is 0 Å². The molecule has 160 valence electrons. The molecule has 2 aromatic rings. The van der Waals surface area contributed by atoms with E-state index in [4.69, 9.17) is 10.5 Å². The summed E-state index contributed by atoms with van der Waals surface area (Å²) in [6.45, 7) is 2.37. The Labute approximate surface area is 176 Å². The highest BCUT2D eigenvalue weighted by atomic mass is 19.1. The van der Waals surface area contributed by atoms with Gasteiger partial charge in [0.1, 0.15) is 17.6 Å². The fourth-order valence-corrected chi connectivity index (χ4v) is 3.85. The number of carbonyl (C=O) groups excluding carboxylic acids is 2. The van der Waals surface area contributed by atoms with E-state index in [9.17, 15) is 14.0 Å². The van der Waals surface area contributed by atoms with E-state index in [-0.39, 0.29) is 11.7 Å². The molecule has 6 nitrogen and oxygen atoms in total. The summed E-state index contributed by atoms with van der Waals surface area (Å²) in [4.78, 5) is 28.7. The van der Waals surface area contributed by atoms with Gasteiger partial charge in [-0.3, -0.25) is 14.5 Å². The van der Waals surface area contributed by atoms with E-state index >= 15 is 0 Å². The number of ether oxygens (including phenoxy) is 1. The van der Waals surface area contributed by atoms with E-state index in [0.29, 0.717) is 44.6 Å². The van der Waals surface area contributed by atoms with Gasteiger partial charge in [-0.25, -0.2) is 4.39 Å². The number of halogens is 1. The maximum absolute atomic E-state index is 13.3. The molecule has 1 heterocycles. The average molecular weight is 413 g/mol. The molecule has 1 aliphatic heterocycles. The molecule has 0 spiro atoms. The van der Waals surface area contributed by atoms with Crippen LogP contribution in [-0.2, 0) is 16.0 Å². The van der Waals surface area contributed by atoms with Gasteiger partial charge >= 0.3 is 0 Å². The third kappa shape index (κ3) is 5.57. The summed E-state index contributed by atoms with van der Waals surface area (Å²) >= 11 is 0. The topological polar surface area (TPSA) is 75.9 Å². The second-order valence-corrected chi connectivity index (χ2v) is 7.47.